The molecule has 1 atom stereocenters. The highest BCUT2D eigenvalue weighted by molar-refractivity contribution is 7.10. The first-order valence-electron chi connectivity index (χ1n) is 15.0. The van der Waals surface area contributed by atoms with Gasteiger partial charge in [0.05, 0.1) is 23.7 Å². The van der Waals surface area contributed by atoms with Crippen molar-refractivity contribution < 1.29 is 14.3 Å². The summed E-state index contributed by atoms with van der Waals surface area (Å²) >= 11 is 1.74. The Hall–Kier alpha value is -4.18. The molecule has 6 rings (SSSR count). The zero-order valence-electron chi connectivity index (χ0n) is 25.7. The minimum atomic E-state index is -0.342. The van der Waals surface area contributed by atoms with Gasteiger partial charge in [-0.25, -0.2) is 9.48 Å². The Labute approximate surface area is 262 Å². The van der Waals surface area contributed by atoms with Gasteiger partial charge in [0, 0.05) is 46.8 Å². The molecule has 9 heteroatoms. The molecule has 0 aliphatic carbocycles. The molecule has 0 radical (unpaired) electrons. The molecule has 44 heavy (non-hydrogen) atoms. The molecule has 1 aliphatic heterocycles. The standard InChI is InChI=1S/C35H39N5O3S/c1-24-11-13-25(14-12-24)40-33(22-32(38-40)35(2,3)4)37-34(41)36-28-15-16-29(27-9-6-5-8-26(27)28)42-19-17-39-18-20-43-30(23-39)31-10-7-21-44-31/h5-16,21-22,30H,17-20,23H2,1-4H3,(H2,36,37,41). The molecule has 1 fully saturated rings. The van der Waals surface area contributed by atoms with Crippen LogP contribution in [0.4, 0.5) is 16.3 Å². The summed E-state index contributed by atoms with van der Waals surface area (Å²) in [5.74, 6) is 1.40. The van der Waals surface area contributed by atoms with Crippen molar-refractivity contribution in [2.24, 2.45) is 0 Å². The fourth-order valence-electron chi connectivity index (χ4n) is 5.33. The van der Waals surface area contributed by atoms with Gasteiger partial charge in [-0.05, 0) is 42.6 Å². The van der Waals surface area contributed by atoms with Gasteiger partial charge in [-0.3, -0.25) is 10.2 Å². The number of ether oxygens (including phenoxy) is 2. The van der Waals surface area contributed by atoms with E-state index in [1.54, 1.807) is 16.0 Å². The lowest BCUT2D eigenvalue weighted by atomic mass is 9.92. The van der Waals surface area contributed by atoms with E-state index in [0.29, 0.717) is 18.1 Å². The van der Waals surface area contributed by atoms with Gasteiger partial charge in [0.15, 0.2) is 0 Å². The number of morpholine rings is 1. The van der Waals surface area contributed by atoms with E-state index in [2.05, 4.69) is 53.8 Å². The minimum absolute atomic E-state index is 0.122. The van der Waals surface area contributed by atoms with Crippen LogP contribution in [0, 0.1) is 6.92 Å². The van der Waals surface area contributed by atoms with Gasteiger partial charge < -0.3 is 14.8 Å². The number of aromatic nitrogens is 2. The highest BCUT2D eigenvalue weighted by Crippen LogP contribution is 2.33. The van der Waals surface area contributed by atoms with E-state index >= 15 is 0 Å². The number of urea groups is 1. The van der Waals surface area contributed by atoms with Crippen LogP contribution in [-0.2, 0) is 10.2 Å². The average molecular weight is 610 g/mol. The lowest BCUT2D eigenvalue weighted by Crippen LogP contribution is -2.40. The molecule has 1 unspecified atom stereocenters. The largest absolute Gasteiger partial charge is 0.492 e. The molecule has 2 amide bonds. The first-order valence-corrected chi connectivity index (χ1v) is 15.9. The minimum Gasteiger partial charge on any atom is -0.492 e. The lowest BCUT2D eigenvalue weighted by molar-refractivity contribution is -0.0311. The SMILES string of the molecule is Cc1ccc(-n2nc(C(C)(C)C)cc2NC(=O)Nc2ccc(OCCN3CCOC(c4cccs4)C3)c3ccccc23)cc1. The van der Waals surface area contributed by atoms with Crippen LogP contribution in [0.2, 0.25) is 0 Å². The number of thiophene rings is 1. The Bertz CT molecular complexity index is 1720. The molecule has 3 heterocycles. The van der Waals surface area contributed by atoms with Gasteiger partial charge in [-0.15, -0.1) is 11.3 Å². The quantitative estimate of drug-likeness (QED) is 0.188. The normalized spacial score (nSPS) is 15.8. The maximum atomic E-state index is 13.4. The number of amides is 2. The van der Waals surface area contributed by atoms with E-state index < -0.39 is 0 Å². The zero-order chi connectivity index (χ0) is 30.7. The predicted octanol–water partition coefficient (Wildman–Crippen LogP) is 7.79. The molecule has 8 nitrogen and oxygen atoms in total. The number of carbonyl (C=O) groups excluding carboxylic acids is 1. The third-order valence-corrected chi connectivity index (χ3v) is 8.77. The van der Waals surface area contributed by atoms with Crippen molar-refractivity contribution in [2.75, 3.05) is 43.5 Å². The molecule has 2 aromatic heterocycles. The molecular formula is C35H39N5O3S. The maximum Gasteiger partial charge on any atom is 0.324 e. The van der Waals surface area contributed by atoms with Crippen LogP contribution in [0.5, 0.6) is 5.75 Å². The van der Waals surface area contributed by atoms with Gasteiger partial charge in [0.2, 0.25) is 0 Å². The van der Waals surface area contributed by atoms with Gasteiger partial charge in [0.1, 0.15) is 24.3 Å². The Kier molecular flexibility index (Phi) is 8.70. The number of anilines is 2. The van der Waals surface area contributed by atoms with Crippen molar-refractivity contribution in [1.82, 2.24) is 14.7 Å². The Morgan fingerprint density at radius 3 is 2.57 bits per heavy atom. The van der Waals surface area contributed by atoms with Gasteiger partial charge >= 0.3 is 6.03 Å². The number of benzene rings is 3. The number of nitrogens with one attached hydrogen (secondary N) is 2. The lowest BCUT2D eigenvalue weighted by Gasteiger charge is -2.32. The van der Waals surface area contributed by atoms with Crippen LogP contribution in [0.15, 0.2) is 84.2 Å². The summed E-state index contributed by atoms with van der Waals surface area (Å²) in [7, 11) is 0. The van der Waals surface area contributed by atoms with Crippen molar-refractivity contribution in [3.05, 3.63) is 100 Å². The smallest absolute Gasteiger partial charge is 0.324 e. The van der Waals surface area contributed by atoms with Crippen LogP contribution in [0.25, 0.3) is 16.5 Å². The van der Waals surface area contributed by atoms with Crippen molar-refractivity contribution in [1.29, 1.82) is 0 Å². The molecule has 2 N–H and O–H groups in total. The predicted molar refractivity (Wildman–Crippen MR) is 179 cm³/mol. The number of hydrogen-bond acceptors (Lipinski definition) is 6. The monoisotopic (exact) mass is 609 g/mol. The number of hydrogen-bond donors (Lipinski definition) is 2. The van der Waals surface area contributed by atoms with Gasteiger partial charge in [-0.1, -0.05) is 68.8 Å². The molecule has 1 aliphatic rings. The van der Waals surface area contributed by atoms with Crippen LogP contribution >= 0.6 is 11.3 Å². The zero-order valence-corrected chi connectivity index (χ0v) is 26.5. The van der Waals surface area contributed by atoms with E-state index in [-0.39, 0.29) is 17.6 Å². The van der Waals surface area contributed by atoms with E-state index in [9.17, 15) is 4.79 Å². The Morgan fingerprint density at radius 1 is 1.02 bits per heavy atom. The van der Waals surface area contributed by atoms with E-state index in [1.165, 1.54) is 4.88 Å². The topological polar surface area (TPSA) is 80.7 Å². The molecule has 3 aromatic carbocycles. The number of carbonyl (C=O) groups is 1. The van der Waals surface area contributed by atoms with Crippen molar-refractivity contribution in [3.8, 4) is 11.4 Å². The van der Waals surface area contributed by atoms with Crippen molar-refractivity contribution in [3.63, 3.8) is 0 Å². The number of fused-ring (bicyclic) bond motifs is 1. The van der Waals surface area contributed by atoms with E-state index in [4.69, 9.17) is 14.6 Å². The summed E-state index contributed by atoms with van der Waals surface area (Å²) < 4.78 is 14.1. The van der Waals surface area contributed by atoms with Crippen LogP contribution in [0.3, 0.4) is 0 Å². The first-order chi connectivity index (χ1) is 21.2. The number of rotatable bonds is 8. The highest BCUT2D eigenvalue weighted by Gasteiger charge is 2.23. The summed E-state index contributed by atoms with van der Waals surface area (Å²) in [5.41, 5.74) is 3.46. The molecule has 0 bridgehead atoms. The third-order valence-electron chi connectivity index (χ3n) is 7.81. The van der Waals surface area contributed by atoms with Crippen LogP contribution in [0.1, 0.15) is 43.0 Å². The maximum absolute atomic E-state index is 13.4. The molecule has 0 spiro atoms. The molecule has 5 aromatic rings. The second kappa shape index (κ2) is 12.8. The van der Waals surface area contributed by atoms with Gasteiger partial charge in [0.25, 0.3) is 0 Å². The summed E-state index contributed by atoms with van der Waals surface area (Å²) in [6, 6.07) is 25.7. The van der Waals surface area contributed by atoms with Gasteiger partial charge in [-0.2, -0.15) is 5.10 Å². The summed E-state index contributed by atoms with van der Waals surface area (Å²) in [6.45, 7) is 12.2. The second-order valence-electron chi connectivity index (χ2n) is 12.2. The third kappa shape index (κ3) is 6.80. The second-order valence-corrected chi connectivity index (χ2v) is 13.2. The van der Waals surface area contributed by atoms with E-state index in [1.807, 2.05) is 73.7 Å². The highest BCUT2D eigenvalue weighted by atomic mass is 32.1. The van der Waals surface area contributed by atoms with Crippen molar-refractivity contribution in [2.45, 2.75) is 39.2 Å². The van der Waals surface area contributed by atoms with Crippen molar-refractivity contribution >= 4 is 39.6 Å². The van der Waals surface area contributed by atoms with Crippen LogP contribution < -0.4 is 15.4 Å². The molecule has 228 valence electrons. The Morgan fingerprint density at radius 2 is 1.82 bits per heavy atom. The fraction of sp³-hybridized carbons (Fsp3) is 0.314. The average Bonchev–Trinajstić information content (AvgIpc) is 3.70. The van der Waals surface area contributed by atoms with E-state index in [0.717, 1.165) is 59.7 Å². The summed E-state index contributed by atoms with van der Waals surface area (Å²) in [4.78, 5) is 17.0. The fourth-order valence-corrected chi connectivity index (χ4v) is 6.10. The summed E-state index contributed by atoms with van der Waals surface area (Å²) in [6.07, 6.45) is 0.122. The summed E-state index contributed by atoms with van der Waals surface area (Å²) in [5, 5.41) is 14.9. The number of nitrogens with zero attached hydrogens (tertiary/aromatic N) is 3. The first kappa shape index (κ1) is 29.9. The molecular weight excluding hydrogens is 570 g/mol. The number of aryl methyl sites for hydroxylation is 1. The molecule has 1 saturated heterocycles. The molecule has 0 saturated carbocycles. The Balaban J connectivity index is 1.14. The van der Waals surface area contributed by atoms with Crippen LogP contribution in [-0.4, -0.2) is 53.6 Å².